The predicted octanol–water partition coefficient (Wildman–Crippen LogP) is 2.14. The third-order valence-electron chi connectivity index (χ3n) is 2.78. The van der Waals surface area contributed by atoms with E-state index in [0.717, 1.165) is 11.1 Å². The van der Waals surface area contributed by atoms with Gasteiger partial charge in [0, 0.05) is 5.56 Å². The van der Waals surface area contributed by atoms with Crippen LogP contribution in [0, 0.1) is 11.3 Å². The van der Waals surface area contributed by atoms with Crippen LogP contribution < -0.4 is 15.9 Å². The molecular weight excluding hydrogens is 280 g/mol. The lowest BCUT2D eigenvalue weighted by Gasteiger charge is -2.08. The van der Waals surface area contributed by atoms with Crippen LogP contribution in [0.2, 0.25) is 0 Å². The SMILES string of the molecule is N#Cc1ccccc1COc1cccc(C=NNC(N)=O)c1. The molecule has 0 aliphatic rings. The summed E-state index contributed by atoms with van der Waals surface area (Å²) in [7, 11) is 0. The van der Waals surface area contributed by atoms with Crippen molar-refractivity contribution in [2.24, 2.45) is 10.8 Å². The van der Waals surface area contributed by atoms with Crippen molar-refractivity contribution < 1.29 is 9.53 Å². The van der Waals surface area contributed by atoms with Gasteiger partial charge in [-0.05, 0) is 23.8 Å². The zero-order valence-corrected chi connectivity index (χ0v) is 11.7. The smallest absolute Gasteiger partial charge is 0.332 e. The number of primary amides is 1. The molecule has 2 aromatic rings. The summed E-state index contributed by atoms with van der Waals surface area (Å²) >= 11 is 0. The molecule has 0 saturated carbocycles. The summed E-state index contributed by atoms with van der Waals surface area (Å²) < 4.78 is 5.68. The Kier molecular flexibility index (Phi) is 5.10. The van der Waals surface area contributed by atoms with Gasteiger partial charge in [0.25, 0.3) is 0 Å². The van der Waals surface area contributed by atoms with Crippen molar-refractivity contribution in [2.75, 3.05) is 0 Å². The lowest BCUT2D eigenvalue weighted by molar-refractivity contribution is 0.249. The van der Waals surface area contributed by atoms with Crippen LogP contribution in [-0.2, 0) is 6.61 Å². The number of nitrogens with two attached hydrogens (primary N) is 1. The fourth-order valence-electron chi connectivity index (χ4n) is 1.77. The molecular formula is C16H14N4O2. The van der Waals surface area contributed by atoms with Crippen LogP contribution in [0.1, 0.15) is 16.7 Å². The predicted molar refractivity (Wildman–Crippen MR) is 82.2 cm³/mol. The molecule has 2 amide bonds. The summed E-state index contributed by atoms with van der Waals surface area (Å²) in [6.45, 7) is 0.296. The Morgan fingerprint density at radius 2 is 2.14 bits per heavy atom. The third-order valence-corrected chi connectivity index (χ3v) is 2.78. The van der Waals surface area contributed by atoms with E-state index >= 15 is 0 Å². The number of carbonyl (C=O) groups is 1. The molecule has 0 atom stereocenters. The second-order valence-electron chi connectivity index (χ2n) is 4.36. The van der Waals surface area contributed by atoms with Crippen molar-refractivity contribution in [1.82, 2.24) is 5.43 Å². The van der Waals surface area contributed by atoms with Crippen molar-refractivity contribution in [3.63, 3.8) is 0 Å². The molecule has 0 unspecified atom stereocenters. The van der Waals surface area contributed by atoms with E-state index in [0.29, 0.717) is 17.9 Å². The minimum absolute atomic E-state index is 0.296. The first-order chi connectivity index (χ1) is 10.7. The number of hydrogen-bond donors (Lipinski definition) is 2. The maximum Gasteiger partial charge on any atom is 0.332 e. The number of carbonyl (C=O) groups excluding carboxylic acids is 1. The molecule has 0 aliphatic heterocycles. The molecule has 0 bridgehead atoms. The van der Waals surface area contributed by atoms with Crippen LogP contribution in [0.4, 0.5) is 4.79 Å². The molecule has 2 aromatic carbocycles. The number of nitrogens with one attached hydrogen (secondary N) is 1. The Morgan fingerprint density at radius 3 is 2.91 bits per heavy atom. The van der Waals surface area contributed by atoms with Crippen LogP contribution in [0.5, 0.6) is 5.75 Å². The first-order valence-electron chi connectivity index (χ1n) is 6.48. The van der Waals surface area contributed by atoms with Crippen molar-refractivity contribution in [2.45, 2.75) is 6.61 Å². The number of urea groups is 1. The minimum atomic E-state index is -0.725. The molecule has 6 nitrogen and oxygen atoms in total. The van der Waals surface area contributed by atoms with Gasteiger partial charge in [0.15, 0.2) is 0 Å². The highest BCUT2D eigenvalue weighted by Gasteiger charge is 2.02. The average molecular weight is 294 g/mol. The monoisotopic (exact) mass is 294 g/mol. The maximum absolute atomic E-state index is 10.5. The zero-order chi connectivity index (χ0) is 15.8. The van der Waals surface area contributed by atoms with Gasteiger partial charge in [-0.1, -0.05) is 30.3 Å². The Balaban J connectivity index is 2.03. The molecule has 0 fully saturated rings. The van der Waals surface area contributed by atoms with Gasteiger partial charge in [0.1, 0.15) is 12.4 Å². The normalized spacial score (nSPS) is 10.1. The largest absolute Gasteiger partial charge is 0.489 e. The van der Waals surface area contributed by atoms with Crippen LogP contribution in [-0.4, -0.2) is 12.2 Å². The fourth-order valence-corrected chi connectivity index (χ4v) is 1.77. The lowest BCUT2D eigenvalue weighted by atomic mass is 10.1. The van der Waals surface area contributed by atoms with E-state index in [2.05, 4.69) is 16.6 Å². The maximum atomic E-state index is 10.5. The van der Waals surface area contributed by atoms with E-state index in [1.165, 1.54) is 6.21 Å². The Morgan fingerprint density at radius 1 is 1.32 bits per heavy atom. The van der Waals surface area contributed by atoms with Crippen molar-refractivity contribution >= 4 is 12.2 Å². The second-order valence-corrected chi connectivity index (χ2v) is 4.36. The highest BCUT2D eigenvalue weighted by Crippen LogP contribution is 2.15. The number of ether oxygens (including phenoxy) is 1. The molecule has 3 N–H and O–H groups in total. The zero-order valence-electron chi connectivity index (χ0n) is 11.7. The highest BCUT2D eigenvalue weighted by molar-refractivity contribution is 5.81. The molecule has 6 heteroatoms. The molecule has 0 aromatic heterocycles. The van der Waals surface area contributed by atoms with Gasteiger partial charge >= 0.3 is 6.03 Å². The quantitative estimate of drug-likeness (QED) is 0.652. The molecule has 22 heavy (non-hydrogen) atoms. The van der Waals surface area contributed by atoms with E-state index in [1.54, 1.807) is 24.3 Å². The molecule has 0 spiro atoms. The van der Waals surface area contributed by atoms with Crippen molar-refractivity contribution in [1.29, 1.82) is 5.26 Å². The number of hydrazone groups is 1. The Bertz CT molecular complexity index is 735. The van der Waals surface area contributed by atoms with E-state index in [-0.39, 0.29) is 0 Å². The summed E-state index contributed by atoms with van der Waals surface area (Å²) in [5.74, 6) is 0.635. The topological polar surface area (TPSA) is 100 Å². The van der Waals surface area contributed by atoms with Gasteiger partial charge in [-0.25, -0.2) is 10.2 Å². The highest BCUT2D eigenvalue weighted by atomic mass is 16.5. The number of amides is 2. The summed E-state index contributed by atoms with van der Waals surface area (Å²) in [4.78, 5) is 10.5. The molecule has 0 aliphatic carbocycles. The van der Waals surface area contributed by atoms with Gasteiger partial charge in [-0.15, -0.1) is 0 Å². The molecule has 2 rings (SSSR count). The van der Waals surface area contributed by atoms with Gasteiger partial charge in [-0.3, -0.25) is 0 Å². The number of benzene rings is 2. The average Bonchev–Trinajstić information content (AvgIpc) is 2.53. The lowest BCUT2D eigenvalue weighted by Crippen LogP contribution is -2.24. The number of nitrogens with zero attached hydrogens (tertiary/aromatic N) is 2. The molecule has 0 saturated heterocycles. The number of rotatable bonds is 5. The van der Waals surface area contributed by atoms with Gasteiger partial charge in [0.2, 0.25) is 0 Å². The summed E-state index contributed by atoms with van der Waals surface area (Å²) in [6.07, 6.45) is 1.46. The summed E-state index contributed by atoms with van der Waals surface area (Å²) in [6, 6.07) is 15.8. The van der Waals surface area contributed by atoms with Gasteiger partial charge in [-0.2, -0.15) is 10.4 Å². The summed E-state index contributed by atoms with van der Waals surface area (Å²) in [5.41, 5.74) is 9.19. The van der Waals surface area contributed by atoms with Crippen molar-refractivity contribution in [3.8, 4) is 11.8 Å². The first-order valence-corrected chi connectivity index (χ1v) is 6.48. The van der Waals surface area contributed by atoms with Crippen LogP contribution in [0.3, 0.4) is 0 Å². The van der Waals surface area contributed by atoms with Crippen LogP contribution in [0.25, 0.3) is 0 Å². The molecule has 110 valence electrons. The van der Waals surface area contributed by atoms with E-state index in [9.17, 15) is 4.79 Å². The first kappa shape index (κ1) is 15.1. The van der Waals surface area contributed by atoms with Gasteiger partial charge in [0.05, 0.1) is 17.8 Å². The third kappa shape index (κ3) is 4.35. The van der Waals surface area contributed by atoms with E-state index < -0.39 is 6.03 Å². The molecule has 0 radical (unpaired) electrons. The minimum Gasteiger partial charge on any atom is -0.489 e. The van der Waals surface area contributed by atoms with Gasteiger partial charge < -0.3 is 10.5 Å². The Labute approximate surface area is 127 Å². The van der Waals surface area contributed by atoms with E-state index in [1.807, 2.05) is 24.3 Å². The Hall–Kier alpha value is -3.33. The number of nitriles is 1. The van der Waals surface area contributed by atoms with Crippen molar-refractivity contribution in [3.05, 3.63) is 65.2 Å². The number of hydrogen-bond acceptors (Lipinski definition) is 4. The second kappa shape index (κ2) is 7.45. The fraction of sp³-hybridized carbons (Fsp3) is 0.0625. The van der Waals surface area contributed by atoms with E-state index in [4.69, 9.17) is 15.7 Å². The summed E-state index contributed by atoms with van der Waals surface area (Å²) in [5, 5.41) is 12.7. The molecule has 0 heterocycles. The van der Waals surface area contributed by atoms with Crippen LogP contribution >= 0.6 is 0 Å². The standard InChI is InChI=1S/C16H14N4O2/c17-9-13-5-1-2-6-14(13)11-22-15-7-3-4-12(8-15)10-19-20-16(18)21/h1-8,10H,11H2,(H3,18,20,21). The van der Waals surface area contributed by atoms with Crippen LogP contribution in [0.15, 0.2) is 53.6 Å².